The Balaban J connectivity index is 1.73. The zero-order chi connectivity index (χ0) is 26.2. The van der Waals surface area contributed by atoms with Crippen LogP contribution in [0.15, 0.2) is 22.7 Å². The lowest BCUT2D eigenvalue weighted by molar-refractivity contribution is 0.0526. The smallest absolute Gasteiger partial charge is 0.341 e. The molecule has 4 rings (SSSR count). The molecule has 2 heterocycles. The van der Waals surface area contributed by atoms with Crippen LogP contribution in [-0.2, 0) is 17.6 Å². The highest BCUT2D eigenvalue weighted by Crippen LogP contribution is 2.46. The fourth-order valence-corrected chi connectivity index (χ4v) is 6.64. The third-order valence-corrected chi connectivity index (χ3v) is 9.08. The number of esters is 1. The van der Waals surface area contributed by atoms with Gasteiger partial charge in [-0.1, -0.05) is 61.6 Å². The van der Waals surface area contributed by atoms with Crippen molar-refractivity contribution in [1.29, 1.82) is 0 Å². The van der Waals surface area contributed by atoms with Gasteiger partial charge in [0.05, 0.1) is 22.2 Å². The lowest BCUT2D eigenvalue weighted by Gasteiger charge is -2.36. The quantitative estimate of drug-likeness (QED) is 0.302. The second-order valence-electron chi connectivity index (χ2n) is 9.72. The van der Waals surface area contributed by atoms with Crippen molar-refractivity contribution in [2.24, 2.45) is 11.3 Å². The average Bonchev–Trinajstić information content (AvgIpc) is 3.38. The molecule has 0 saturated carbocycles. The van der Waals surface area contributed by atoms with Crippen molar-refractivity contribution >= 4 is 51.4 Å². The monoisotopic (exact) mass is 548 g/mol. The van der Waals surface area contributed by atoms with Crippen LogP contribution in [0.3, 0.4) is 0 Å². The van der Waals surface area contributed by atoms with Crippen molar-refractivity contribution in [3.8, 4) is 11.3 Å². The number of carbonyl (C=O) groups excluding carboxylic acids is 2. The summed E-state index contributed by atoms with van der Waals surface area (Å²) in [6, 6.07) is 5.07. The molecule has 0 radical (unpaired) electrons. The Morgan fingerprint density at radius 1 is 1.22 bits per heavy atom. The fraction of sp³-hybridized carbons (Fsp3) is 0.444. The topological polar surface area (TPSA) is 81.4 Å². The van der Waals surface area contributed by atoms with E-state index in [2.05, 4.69) is 31.2 Å². The van der Waals surface area contributed by atoms with E-state index in [1.165, 1.54) is 11.3 Å². The number of hydrogen-bond donors (Lipinski definition) is 1. The van der Waals surface area contributed by atoms with Gasteiger partial charge < -0.3 is 14.6 Å². The summed E-state index contributed by atoms with van der Waals surface area (Å²) in [6.07, 6.45) is 3.71. The number of halogens is 2. The van der Waals surface area contributed by atoms with Gasteiger partial charge in [-0.15, -0.1) is 11.3 Å². The predicted octanol–water partition coefficient (Wildman–Crippen LogP) is 7.99. The minimum atomic E-state index is -0.450. The second-order valence-corrected chi connectivity index (χ2v) is 11.6. The summed E-state index contributed by atoms with van der Waals surface area (Å²) >= 11 is 14.2. The van der Waals surface area contributed by atoms with E-state index in [1.54, 1.807) is 32.0 Å². The third kappa shape index (κ3) is 4.93. The molecule has 1 atom stereocenters. The first-order valence-electron chi connectivity index (χ1n) is 12.1. The van der Waals surface area contributed by atoms with E-state index in [0.717, 1.165) is 36.1 Å². The van der Waals surface area contributed by atoms with Gasteiger partial charge in [0.25, 0.3) is 5.91 Å². The number of anilines is 1. The number of hydrogen-bond acceptors (Lipinski definition) is 6. The van der Waals surface area contributed by atoms with Crippen molar-refractivity contribution in [3.05, 3.63) is 55.6 Å². The molecular weight excluding hydrogens is 519 g/mol. The zero-order valence-corrected chi connectivity index (χ0v) is 23.4. The molecule has 1 aliphatic rings. The molecule has 0 fully saturated rings. The number of amides is 1. The van der Waals surface area contributed by atoms with Crippen LogP contribution in [-0.4, -0.2) is 23.6 Å². The van der Waals surface area contributed by atoms with Gasteiger partial charge in [0, 0.05) is 10.4 Å². The maximum absolute atomic E-state index is 13.6. The van der Waals surface area contributed by atoms with Crippen LogP contribution in [0, 0.1) is 18.3 Å². The van der Waals surface area contributed by atoms with E-state index >= 15 is 0 Å². The summed E-state index contributed by atoms with van der Waals surface area (Å²) in [5.74, 6) is -0.0481. The maximum Gasteiger partial charge on any atom is 0.341 e. The Morgan fingerprint density at radius 3 is 2.56 bits per heavy atom. The molecule has 1 N–H and O–H groups in total. The first-order chi connectivity index (χ1) is 17.1. The Hall–Kier alpha value is -2.35. The summed E-state index contributed by atoms with van der Waals surface area (Å²) in [4.78, 5) is 27.7. The van der Waals surface area contributed by atoms with Crippen LogP contribution < -0.4 is 5.32 Å². The minimum Gasteiger partial charge on any atom is -0.462 e. The van der Waals surface area contributed by atoms with E-state index in [1.807, 2.05) is 0 Å². The van der Waals surface area contributed by atoms with Gasteiger partial charge in [0.2, 0.25) is 0 Å². The number of carbonyl (C=O) groups is 2. The Bertz CT molecular complexity index is 1290. The highest BCUT2D eigenvalue weighted by Gasteiger charge is 2.36. The van der Waals surface area contributed by atoms with E-state index in [4.69, 9.17) is 32.5 Å². The lowest BCUT2D eigenvalue weighted by atomic mass is 9.69. The number of ether oxygens (including phenoxy) is 1. The predicted molar refractivity (Wildman–Crippen MR) is 145 cm³/mol. The molecule has 6 nitrogen and oxygen atoms in total. The van der Waals surface area contributed by atoms with Gasteiger partial charge in [0.1, 0.15) is 22.0 Å². The summed E-state index contributed by atoms with van der Waals surface area (Å²) in [5, 5.41) is 8.23. The summed E-state index contributed by atoms with van der Waals surface area (Å²) < 4.78 is 10.7. The fourth-order valence-electron chi connectivity index (χ4n) is 4.75. The highest BCUT2D eigenvalue weighted by molar-refractivity contribution is 7.17. The van der Waals surface area contributed by atoms with E-state index in [9.17, 15) is 9.59 Å². The summed E-state index contributed by atoms with van der Waals surface area (Å²) in [6.45, 7) is 10.5. The molecule has 0 bridgehead atoms. The van der Waals surface area contributed by atoms with Crippen molar-refractivity contribution in [2.75, 3.05) is 11.9 Å². The molecule has 9 heteroatoms. The molecule has 192 valence electrons. The number of nitrogens with one attached hydrogen (secondary N) is 1. The first kappa shape index (κ1) is 26.7. The number of aryl methyl sites for hydroxylation is 1. The Kier molecular flexibility index (Phi) is 7.83. The van der Waals surface area contributed by atoms with Crippen LogP contribution in [0.25, 0.3) is 11.3 Å². The standard InChI is InChI=1S/C27H30Cl2N2O4S/c1-6-27(4,5)15-11-12-16-19(13-15)36-25(21(16)26(33)34-7-2)30-24(32)20-14(3)35-31-23(20)22-17(28)9-8-10-18(22)29/h8-10,15H,6-7,11-13H2,1-5H3,(H,30,32)/t15-/m1/s1. The third-order valence-electron chi connectivity index (χ3n) is 7.28. The molecule has 0 spiro atoms. The van der Waals surface area contributed by atoms with Gasteiger partial charge in [-0.25, -0.2) is 4.79 Å². The van der Waals surface area contributed by atoms with Crippen molar-refractivity contribution in [2.45, 2.75) is 60.3 Å². The molecule has 36 heavy (non-hydrogen) atoms. The first-order valence-corrected chi connectivity index (χ1v) is 13.7. The average molecular weight is 550 g/mol. The van der Waals surface area contributed by atoms with Crippen molar-refractivity contribution in [3.63, 3.8) is 0 Å². The van der Waals surface area contributed by atoms with Crippen LogP contribution in [0.1, 0.15) is 77.5 Å². The summed E-state index contributed by atoms with van der Waals surface area (Å²) in [5.41, 5.74) is 2.51. The van der Waals surface area contributed by atoms with Gasteiger partial charge >= 0.3 is 5.97 Å². The maximum atomic E-state index is 13.6. The number of nitrogens with zero attached hydrogens (tertiary/aromatic N) is 1. The number of thiophene rings is 1. The molecule has 1 aromatic carbocycles. The molecule has 2 aromatic heterocycles. The molecule has 1 aliphatic carbocycles. The second kappa shape index (κ2) is 10.6. The van der Waals surface area contributed by atoms with Crippen LogP contribution >= 0.6 is 34.5 Å². The van der Waals surface area contributed by atoms with Crippen molar-refractivity contribution < 1.29 is 18.8 Å². The number of aromatic nitrogens is 1. The van der Waals surface area contributed by atoms with E-state index < -0.39 is 11.9 Å². The Labute approximate surface area is 225 Å². The van der Waals surface area contributed by atoms with Gasteiger partial charge in [-0.3, -0.25) is 4.79 Å². The zero-order valence-electron chi connectivity index (χ0n) is 21.1. The van der Waals surface area contributed by atoms with Crippen LogP contribution in [0.2, 0.25) is 10.0 Å². The van der Waals surface area contributed by atoms with Gasteiger partial charge in [-0.2, -0.15) is 0 Å². The summed E-state index contributed by atoms with van der Waals surface area (Å²) in [7, 11) is 0. The van der Waals surface area contributed by atoms with Crippen LogP contribution in [0.5, 0.6) is 0 Å². The van der Waals surface area contributed by atoms with Crippen LogP contribution in [0.4, 0.5) is 5.00 Å². The molecule has 0 unspecified atom stereocenters. The number of fused-ring (bicyclic) bond motifs is 1. The number of rotatable bonds is 7. The van der Waals surface area contributed by atoms with Gasteiger partial charge in [0.15, 0.2) is 0 Å². The lowest BCUT2D eigenvalue weighted by Crippen LogP contribution is -2.28. The molecule has 1 amide bonds. The Morgan fingerprint density at radius 2 is 1.92 bits per heavy atom. The van der Waals surface area contributed by atoms with E-state index in [-0.39, 0.29) is 23.3 Å². The molecule has 0 aliphatic heterocycles. The molecule has 0 saturated heterocycles. The normalized spacial score (nSPS) is 15.5. The van der Waals surface area contributed by atoms with E-state index in [0.29, 0.717) is 37.9 Å². The largest absolute Gasteiger partial charge is 0.462 e. The number of benzene rings is 1. The van der Waals surface area contributed by atoms with Gasteiger partial charge in [-0.05, 0) is 62.1 Å². The highest BCUT2D eigenvalue weighted by atomic mass is 35.5. The molecular formula is C27H30Cl2N2O4S. The minimum absolute atomic E-state index is 0.192. The van der Waals surface area contributed by atoms with Crippen molar-refractivity contribution in [1.82, 2.24) is 5.16 Å². The molecule has 3 aromatic rings. The SMILES string of the molecule is CCOC(=O)c1c(NC(=O)c2c(-c3c(Cl)cccc3Cl)noc2C)sc2c1CC[C@@H](C(C)(C)CC)C2.